The smallest absolute Gasteiger partial charge is 0.383 e. The van der Waals surface area contributed by atoms with Gasteiger partial charge in [-0.1, -0.05) is 52.7 Å². The molecule has 0 unspecified atom stereocenters. The number of alkyl halides is 6. The molecule has 4 aromatic rings. The Labute approximate surface area is 201 Å². The molecular weight excluding hydrogens is 527 g/mol. The first-order valence-corrected chi connectivity index (χ1v) is 10.8. The zero-order valence-corrected chi connectivity index (χ0v) is 19.1. The van der Waals surface area contributed by atoms with Crippen LogP contribution in [-0.2, 0) is 12.4 Å². The van der Waals surface area contributed by atoms with Crippen molar-refractivity contribution in [1.82, 2.24) is 19.7 Å². The highest BCUT2D eigenvalue weighted by molar-refractivity contribution is 7.99. The van der Waals surface area contributed by atoms with Gasteiger partial charge >= 0.3 is 12.4 Å². The molecule has 2 aromatic heterocycles. The minimum absolute atomic E-state index is 0.0424. The van der Waals surface area contributed by atoms with Crippen LogP contribution < -0.4 is 5.73 Å². The summed E-state index contributed by atoms with van der Waals surface area (Å²) in [7, 11) is 0. The van der Waals surface area contributed by atoms with E-state index in [9.17, 15) is 26.3 Å². The Kier molecular flexibility index (Phi) is 6.11. The molecule has 0 amide bonds. The van der Waals surface area contributed by atoms with Crippen LogP contribution in [0.25, 0.3) is 16.7 Å². The summed E-state index contributed by atoms with van der Waals surface area (Å²) in [4.78, 5) is 7.27. The summed E-state index contributed by atoms with van der Waals surface area (Å²) < 4.78 is 80.5. The van der Waals surface area contributed by atoms with Gasteiger partial charge in [-0.15, -0.1) is 5.10 Å². The monoisotopic (exact) mass is 537 g/mol. The molecule has 0 aliphatic heterocycles. The minimum Gasteiger partial charge on any atom is -0.383 e. The standard InChI is InChI=1S/C20H11Cl2F6N5S/c1-8-2-4-9(5-3-8)34-10-6-11(21)14(12(22)7-10)33-16(29)13-15(19(23,24)25)30-18(20(26,27)28)31-17(13)32-33/h2-7H,29H2,1H3. The Hall–Kier alpha value is -2.70. The van der Waals surface area contributed by atoms with Gasteiger partial charge in [-0.2, -0.15) is 26.3 Å². The SMILES string of the molecule is Cc1ccc(Sc2cc(Cl)c(-n3nc4nc(C(F)(F)F)nc(C(F)(F)F)c4c3N)c(Cl)c2)cc1. The van der Waals surface area contributed by atoms with Crippen molar-refractivity contribution in [1.29, 1.82) is 0 Å². The highest BCUT2D eigenvalue weighted by Gasteiger charge is 2.43. The number of halogens is 8. The summed E-state index contributed by atoms with van der Waals surface area (Å²) in [5.74, 6) is -2.67. The third-order valence-corrected chi connectivity index (χ3v) is 6.11. The molecule has 0 saturated carbocycles. The van der Waals surface area contributed by atoms with Gasteiger partial charge in [-0.3, -0.25) is 0 Å². The van der Waals surface area contributed by atoms with E-state index in [1.807, 2.05) is 31.2 Å². The summed E-state index contributed by atoms with van der Waals surface area (Å²) in [5.41, 5.74) is 4.03. The Morgan fingerprint density at radius 2 is 1.47 bits per heavy atom. The Morgan fingerprint density at radius 3 is 2.00 bits per heavy atom. The predicted molar refractivity (Wildman–Crippen MR) is 116 cm³/mol. The second kappa shape index (κ2) is 8.51. The van der Waals surface area contributed by atoms with Crippen molar-refractivity contribution in [2.24, 2.45) is 0 Å². The summed E-state index contributed by atoms with van der Waals surface area (Å²) >= 11 is 14.0. The maximum absolute atomic E-state index is 13.5. The quantitative estimate of drug-likeness (QED) is 0.280. The summed E-state index contributed by atoms with van der Waals surface area (Å²) in [6.45, 7) is 1.93. The van der Waals surface area contributed by atoms with Crippen LogP contribution in [0.2, 0.25) is 10.0 Å². The van der Waals surface area contributed by atoms with E-state index >= 15 is 0 Å². The van der Waals surface area contributed by atoms with E-state index in [0.29, 0.717) is 4.90 Å². The van der Waals surface area contributed by atoms with E-state index in [1.165, 1.54) is 23.9 Å². The van der Waals surface area contributed by atoms with Crippen LogP contribution in [0, 0.1) is 6.92 Å². The third kappa shape index (κ3) is 4.62. The number of benzene rings is 2. The van der Waals surface area contributed by atoms with Gasteiger partial charge < -0.3 is 5.73 Å². The molecule has 5 nitrogen and oxygen atoms in total. The number of aryl methyl sites for hydroxylation is 1. The van der Waals surface area contributed by atoms with E-state index in [4.69, 9.17) is 28.9 Å². The lowest BCUT2D eigenvalue weighted by atomic mass is 10.2. The molecule has 0 spiro atoms. The van der Waals surface area contributed by atoms with Crippen molar-refractivity contribution in [3.8, 4) is 5.69 Å². The fourth-order valence-electron chi connectivity index (χ4n) is 3.06. The molecule has 2 N–H and O–H groups in total. The Morgan fingerprint density at radius 1 is 0.882 bits per heavy atom. The molecule has 4 rings (SSSR count). The number of aromatic nitrogens is 4. The maximum Gasteiger partial charge on any atom is 0.451 e. The topological polar surface area (TPSA) is 69.6 Å². The van der Waals surface area contributed by atoms with Crippen molar-refractivity contribution in [2.45, 2.75) is 29.1 Å². The van der Waals surface area contributed by atoms with E-state index in [0.717, 1.165) is 15.1 Å². The maximum atomic E-state index is 13.5. The number of fused-ring (bicyclic) bond motifs is 1. The Balaban J connectivity index is 1.86. The van der Waals surface area contributed by atoms with Crippen LogP contribution in [-0.4, -0.2) is 19.7 Å². The molecule has 0 atom stereocenters. The first-order chi connectivity index (χ1) is 15.8. The van der Waals surface area contributed by atoms with E-state index in [2.05, 4.69) is 15.1 Å². The summed E-state index contributed by atoms with van der Waals surface area (Å²) in [5, 5.41) is 2.76. The minimum atomic E-state index is -5.26. The van der Waals surface area contributed by atoms with Crippen LogP contribution in [0.1, 0.15) is 17.1 Å². The first kappa shape index (κ1) is 24.4. The first-order valence-electron chi connectivity index (χ1n) is 9.20. The normalized spacial score (nSPS) is 12.5. The van der Waals surface area contributed by atoms with Gasteiger partial charge in [0.05, 0.1) is 15.4 Å². The number of anilines is 1. The van der Waals surface area contributed by atoms with Crippen molar-refractivity contribution in [3.63, 3.8) is 0 Å². The number of nitrogens with two attached hydrogens (primary N) is 1. The number of nitrogens with zero attached hydrogens (tertiary/aromatic N) is 4. The number of hydrogen-bond donors (Lipinski definition) is 1. The third-order valence-electron chi connectivity index (χ3n) is 4.55. The molecule has 0 aliphatic carbocycles. The molecule has 178 valence electrons. The second-order valence-corrected chi connectivity index (χ2v) is 9.00. The lowest BCUT2D eigenvalue weighted by Crippen LogP contribution is -2.17. The van der Waals surface area contributed by atoms with Gasteiger partial charge in [0.1, 0.15) is 11.5 Å². The van der Waals surface area contributed by atoms with Gasteiger partial charge in [0.25, 0.3) is 0 Å². The number of rotatable bonds is 3. The van der Waals surface area contributed by atoms with Gasteiger partial charge in [0.2, 0.25) is 5.82 Å². The molecule has 0 saturated heterocycles. The zero-order chi connectivity index (χ0) is 25.0. The lowest BCUT2D eigenvalue weighted by molar-refractivity contribution is -0.151. The lowest BCUT2D eigenvalue weighted by Gasteiger charge is -2.12. The van der Waals surface area contributed by atoms with E-state index < -0.39 is 40.7 Å². The molecule has 0 fully saturated rings. The molecule has 34 heavy (non-hydrogen) atoms. The van der Waals surface area contributed by atoms with Gasteiger partial charge in [0, 0.05) is 9.79 Å². The highest BCUT2D eigenvalue weighted by Crippen LogP contribution is 2.42. The fraction of sp³-hybridized carbons (Fsp3) is 0.150. The van der Waals surface area contributed by atoms with Crippen LogP contribution in [0.3, 0.4) is 0 Å². The molecule has 2 heterocycles. The van der Waals surface area contributed by atoms with E-state index in [1.54, 1.807) is 0 Å². The number of hydrogen-bond acceptors (Lipinski definition) is 5. The second-order valence-electron chi connectivity index (χ2n) is 7.04. The van der Waals surface area contributed by atoms with Crippen molar-refractivity contribution >= 4 is 51.8 Å². The molecule has 0 radical (unpaired) electrons. The van der Waals surface area contributed by atoms with Crippen LogP contribution >= 0.6 is 35.0 Å². The summed E-state index contributed by atoms with van der Waals surface area (Å²) in [6.07, 6.45) is -10.5. The molecule has 2 aromatic carbocycles. The van der Waals surface area contributed by atoms with Crippen LogP contribution in [0.5, 0.6) is 0 Å². The fourth-order valence-corrected chi connectivity index (χ4v) is 4.73. The van der Waals surface area contributed by atoms with Gasteiger partial charge in [-0.05, 0) is 31.2 Å². The van der Waals surface area contributed by atoms with Crippen LogP contribution in [0.15, 0.2) is 46.2 Å². The number of nitrogen functional groups attached to an aromatic ring is 1. The molecule has 0 bridgehead atoms. The Bertz CT molecular complexity index is 1380. The van der Waals surface area contributed by atoms with Crippen molar-refractivity contribution < 1.29 is 26.3 Å². The van der Waals surface area contributed by atoms with E-state index in [-0.39, 0.29) is 15.7 Å². The average molecular weight is 538 g/mol. The van der Waals surface area contributed by atoms with Crippen LogP contribution in [0.4, 0.5) is 32.2 Å². The highest BCUT2D eigenvalue weighted by atomic mass is 35.5. The van der Waals surface area contributed by atoms with Crippen molar-refractivity contribution in [3.05, 3.63) is 63.5 Å². The largest absolute Gasteiger partial charge is 0.451 e. The zero-order valence-electron chi connectivity index (χ0n) is 16.8. The van der Waals surface area contributed by atoms with Crippen molar-refractivity contribution in [2.75, 3.05) is 5.73 Å². The molecule has 0 aliphatic rings. The molecule has 14 heteroatoms. The predicted octanol–water partition coefficient (Wildman–Crippen LogP) is 7.20. The van der Waals surface area contributed by atoms with Gasteiger partial charge in [0.15, 0.2) is 11.3 Å². The summed E-state index contributed by atoms with van der Waals surface area (Å²) in [6, 6.07) is 10.5. The van der Waals surface area contributed by atoms with Gasteiger partial charge in [-0.25, -0.2) is 14.6 Å². The average Bonchev–Trinajstić information content (AvgIpc) is 3.03. The molecular formula is C20H11Cl2F6N5S.